The van der Waals surface area contributed by atoms with E-state index in [9.17, 15) is 0 Å². The average molecular weight is 808 g/mol. The van der Waals surface area contributed by atoms with Gasteiger partial charge in [-0.2, -0.15) is 0 Å². The molecule has 12 rings (SSSR count). The average Bonchev–Trinajstić information content (AvgIpc) is 3.65. The van der Waals surface area contributed by atoms with Gasteiger partial charge in [-0.1, -0.05) is 218 Å². The van der Waals surface area contributed by atoms with Crippen molar-refractivity contribution in [2.24, 2.45) is 9.98 Å². The Labute approximate surface area is 367 Å². The lowest BCUT2D eigenvalue weighted by Crippen LogP contribution is -2.46. The number of ether oxygens (including phenoxy) is 1. The molecule has 1 N–H and O–H groups in total. The third-order valence-corrected chi connectivity index (χ3v) is 13.1. The fourth-order valence-corrected chi connectivity index (χ4v) is 10.1. The first-order chi connectivity index (χ1) is 31.1. The summed E-state index contributed by atoms with van der Waals surface area (Å²) in [5.74, 6) is 3.08. The van der Waals surface area contributed by atoms with Gasteiger partial charge in [0.05, 0.1) is 5.41 Å². The number of hydrogen-bond acceptors (Lipinski definition) is 4. The molecular formula is C59H41N3O. The SMILES string of the molecule is CC1(c2ccc(-c3ccccc3)cc2)N=C(c2ccccc2-c2cccc3c2Oc2ccccc2C32c3ccccc3-c3ccccc32)N=C(c2ccc(-c3ccccc3)cc2)N1. The molecule has 2 heterocycles. The second-order valence-corrected chi connectivity index (χ2v) is 16.6. The summed E-state index contributed by atoms with van der Waals surface area (Å²) < 4.78 is 7.13. The number of benzene rings is 9. The van der Waals surface area contributed by atoms with Gasteiger partial charge in [-0.3, -0.25) is 0 Å². The lowest BCUT2D eigenvalue weighted by atomic mass is 9.65. The highest BCUT2D eigenvalue weighted by Crippen LogP contribution is 2.63. The van der Waals surface area contributed by atoms with Crippen LogP contribution in [0.3, 0.4) is 0 Å². The Balaban J connectivity index is 1.04. The lowest BCUT2D eigenvalue weighted by Gasteiger charge is -2.40. The predicted octanol–water partition coefficient (Wildman–Crippen LogP) is 13.8. The molecule has 9 aromatic rings. The highest BCUT2D eigenvalue weighted by molar-refractivity contribution is 6.16. The van der Waals surface area contributed by atoms with Crippen molar-refractivity contribution in [1.82, 2.24) is 5.32 Å². The first kappa shape index (κ1) is 36.7. The monoisotopic (exact) mass is 807 g/mol. The third-order valence-electron chi connectivity index (χ3n) is 13.1. The number of rotatable bonds is 6. The molecular weight excluding hydrogens is 767 g/mol. The molecule has 1 unspecified atom stereocenters. The Morgan fingerprint density at radius 2 is 0.841 bits per heavy atom. The molecule has 0 saturated heterocycles. The van der Waals surface area contributed by atoms with Crippen LogP contribution in [0, 0.1) is 0 Å². The minimum atomic E-state index is -0.847. The van der Waals surface area contributed by atoms with Crippen LogP contribution in [0.5, 0.6) is 11.5 Å². The zero-order valence-corrected chi connectivity index (χ0v) is 34.7. The van der Waals surface area contributed by atoms with E-state index in [1.807, 2.05) is 12.1 Å². The summed E-state index contributed by atoms with van der Waals surface area (Å²) in [6.07, 6.45) is 0. The Morgan fingerprint density at radius 1 is 0.381 bits per heavy atom. The zero-order valence-electron chi connectivity index (χ0n) is 34.7. The summed E-state index contributed by atoms with van der Waals surface area (Å²) in [7, 11) is 0. The van der Waals surface area contributed by atoms with E-state index in [0.29, 0.717) is 5.84 Å². The van der Waals surface area contributed by atoms with Crippen LogP contribution >= 0.6 is 0 Å². The second-order valence-electron chi connectivity index (χ2n) is 16.6. The molecule has 4 heteroatoms. The van der Waals surface area contributed by atoms with Gasteiger partial charge in [-0.15, -0.1) is 0 Å². The molecule has 0 fully saturated rings. The molecule has 0 saturated carbocycles. The number of para-hydroxylation sites is 2. The molecule has 0 bridgehead atoms. The van der Waals surface area contributed by atoms with Crippen molar-refractivity contribution >= 4 is 11.7 Å². The van der Waals surface area contributed by atoms with E-state index < -0.39 is 11.1 Å². The van der Waals surface area contributed by atoms with Gasteiger partial charge >= 0.3 is 0 Å². The van der Waals surface area contributed by atoms with Gasteiger partial charge in [-0.25, -0.2) is 9.98 Å². The quantitative estimate of drug-likeness (QED) is 0.182. The molecule has 1 spiro atoms. The molecule has 9 aromatic carbocycles. The normalized spacial score (nSPS) is 16.3. The fourth-order valence-electron chi connectivity index (χ4n) is 10.1. The van der Waals surface area contributed by atoms with Crippen molar-refractivity contribution in [3.63, 3.8) is 0 Å². The molecule has 0 aromatic heterocycles. The minimum absolute atomic E-state index is 0.573. The van der Waals surface area contributed by atoms with Gasteiger partial charge in [0.1, 0.15) is 17.3 Å². The molecule has 1 atom stereocenters. The van der Waals surface area contributed by atoms with Gasteiger partial charge in [0.25, 0.3) is 0 Å². The number of amidine groups is 2. The van der Waals surface area contributed by atoms with Crippen LogP contribution < -0.4 is 10.1 Å². The van der Waals surface area contributed by atoms with Crippen LogP contribution in [0.15, 0.2) is 234 Å². The highest BCUT2D eigenvalue weighted by Gasteiger charge is 2.51. The lowest BCUT2D eigenvalue weighted by molar-refractivity contribution is 0.438. The Kier molecular flexibility index (Phi) is 8.48. The molecule has 3 aliphatic rings. The van der Waals surface area contributed by atoms with E-state index in [-0.39, 0.29) is 0 Å². The molecule has 1 aliphatic carbocycles. The standard InChI is InChI=1S/C59H41N3O/c1-58(44-37-35-42(36-38-44)40-19-6-3-7-20-40)61-56(43-33-31-41(32-34-43)39-17-4-2-5-18-39)60-57(62-58)49-24-9-8-21-45(49)48-25-16-29-53-55(48)63-54-30-15-14-28-52(54)59(53)50-26-12-10-22-46(50)47-23-11-13-27-51(47)59/h2-38H,1H3,(H,60,61,62). The van der Waals surface area contributed by atoms with E-state index in [2.05, 4.69) is 225 Å². The van der Waals surface area contributed by atoms with Crippen molar-refractivity contribution in [1.29, 1.82) is 0 Å². The van der Waals surface area contributed by atoms with Crippen molar-refractivity contribution in [2.75, 3.05) is 0 Å². The summed E-state index contributed by atoms with van der Waals surface area (Å²) in [4.78, 5) is 10.9. The maximum absolute atomic E-state index is 7.13. The van der Waals surface area contributed by atoms with Crippen LogP contribution in [0.1, 0.15) is 45.9 Å². The molecule has 2 aliphatic heterocycles. The molecule has 0 amide bonds. The topological polar surface area (TPSA) is 46.0 Å². The second kappa shape index (κ2) is 14.5. The van der Waals surface area contributed by atoms with Crippen LogP contribution in [0.4, 0.5) is 0 Å². The maximum Gasteiger partial charge on any atom is 0.160 e. The minimum Gasteiger partial charge on any atom is -0.456 e. The van der Waals surface area contributed by atoms with Gasteiger partial charge in [0.2, 0.25) is 0 Å². The van der Waals surface area contributed by atoms with Crippen LogP contribution in [-0.2, 0) is 11.1 Å². The summed E-state index contributed by atoms with van der Waals surface area (Å²) >= 11 is 0. The van der Waals surface area contributed by atoms with Gasteiger partial charge in [0, 0.05) is 27.8 Å². The number of aliphatic imine (C=N–C) groups is 2. The molecule has 63 heavy (non-hydrogen) atoms. The molecule has 4 nitrogen and oxygen atoms in total. The van der Waals surface area contributed by atoms with E-state index in [1.165, 1.54) is 33.4 Å². The Morgan fingerprint density at radius 3 is 1.48 bits per heavy atom. The highest BCUT2D eigenvalue weighted by atomic mass is 16.5. The van der Waals surface area contributed by atoms with E-state index in [4.69, 9.17) is 14.7 Å². The van der Waals surface area contributed by atoms with Crippen molar-refractivity contribution in [3.05, 3.63) is 263 Å². The van der Waals surface area contributed by atoms with Crippen molar-refractivity contribution < 1.29 is 4.74 Å². The van der Waals surface area contributed by atoms with Crippen molar-refractivity contribution in [3.8, 4) is 56.0 Å². The number of hydrogen-bond donors (Lipinski definition) is 1. The van der Waals surface area contributed by atoms with Gasteiger partial charge in [0.15, 0.2) is 11.5 Å². The van der Waals surface area contributed by atoms with E-state index in [0.717, 1.165) is 67.4 Å². The number of nitrogens with zero attached hydrogens (tertiary/aromatic N) is 2. The predicted molar refractivity (Wildman–Crippen MR) is 257 cm³/mol. The van der Waals surface area contributed by atoms with E-state index in [1.54, 1.807) is 0 Å². The van der Waals surface area contributed by atoms with Gasteiger partial charge < -0.3 is 10.1 Å². The van der Waals surface area contributed by atoms with Crippen LogP contribution in [-0.4, -0.2) is 11.7 Å². The fraction of sp³-hybridized carbons (Fsp3) is 0.0508. The number of fused-ring (bicyclic) bond motifs is 9. The van der Waals surface area contributed by atoms with Crippen LogP contribution in [0.25, 0.3) is 44.5 Å². The first-order valence-corrected chi connectivity index (χ1v) is 21.6. The smallest absolute Gasteiger partial charge is 0.160 e. The Hall–Kier alpha value is -8.08. The number of nitrogens with one attached hydrogen (secondary N) is 1. The first-order valence-electron chi connectivity index (χ1n) is 21.6. The van der Waals surface area contributed by atoms with Gasteiger partial charge in [-0.05, 0) is 68.6 Å². The van der Waals surface area contributed by atoms with Crippen LogP contribution in [0.2, 0.25) is 0 Å². The summed E-state index contributed by atoms with van der Waals surface area (Å²) in [6, 6.07) is 79.7. The van der Waals surface area contributed by atoms with E-state index >= 15 is 0 Å². The molecule has 298 valence electrons. The summed E-state index contributed by atoms with van der Waals surface area (Å²) in [5.41, 5.74) is 15.4. The largest absolute Gasteiger partial charge is 0.456 e. The maximum atomic E-state index is 7.13. The zero-order chi connectivity index (χ0) is 42.0. The van der Waals surface area contributed by atoms with Crippen molar-refractivity contribution in [2.45, 2.75) is 18.0 Å². The third kappa shape index (κ3) is 5.83. The summed E-state index contributed by atoms with van der Waals surface area (Å²) in [6.45, 7) is 2.14. The molecule has 0 radical (unpaired) electrons. The Bertz CT molecular complexity index is 3230. The summed E-state index contributed by atoms with van der Waals surface area (Å²) in [5, 5.41) is 3.79.